The van der Waals surface area contributed by atoms with E-state index >= 15 is 0 Å². The maximum Gasteiger partial charge on any atom is 0.329 e. The number of carboxylic acid groups (broad SMARTS) is 1. The number of carboxylic acids is 1. The van der Waals surface area contributed by atoms with Gasteiger partial charge in [0.05, 0.1) is 24.0 Å². The number of hydrogen-bond donors (Lipinski definition) is 1. The third-order valence-corrected chi connectivity index (χ3v) is 2.56. The van der Waals surface area contributed by atoms with E-state index in [0.29, 0.717) is 0 Å². The van der Waals surface area contributed by atoms with Crippen molar-refractivity contribution in [2.24, 2.45) is 0 Å². The van der Waals surface area contributed by atoms with Crippen LogP contribution in [0, 0.1) is 11.6 Å². The Hall–Kier alpha value is -2.02. The maximum absolute atomic E-state index is 13.2. The molecule has 0 aliphatic heterocycles. The van der Waals surface area contributed by atoms with E-state index in [1.165, 1.54) is 18.0 Å². The van der Waals surface area contributed by atoms with Crippen molar-refractivity contribution in [1.82, 2.24) is 9.55 Å². The van der Waals surface area contributed by atoms with Gasteiger partial charge in [-0.25, -0.2) is 18.6 Å². The highest BCUT2D eigenvalue weighted by Crippen LogP contribution is 2.21. The first-order chi connectivity index (χ1) is 8.54. The molecule has 1 atom stereocenters. The molecule has 0 bridgehead atoms. The molecule has 2 rings (SSSR count). The number of hydrogen-bond acceptors (Lipinski definition) is 3. The van der Waals surface area contributed by atoms with Gasteiger partial charge in [0.1, 0.15) is 0 Å². The normalized spacial score (nSPS) is 12.8. The molecule has 96 valence electrons. The number of carbonyl (C=O) groups is 1. The first-order valence-electron chi connectivity index (χ1n) is 5.08. The molecule has 0 aliphatic carbocycles. The van der Waals surface area contributed by atoms with Gasteiger partial charge in [-0.1, -0.05) is 0 Å². The lowest BCUT2D eigenvalue weighted by atomic mass is 10.2. The molecule has 0 saturated heterocycles. The van der Waals surface area contributed by atoms with Crippen LogP contribution in [0.5, 0.6) is 0 Å². The summed E-state index contributed by atoms with van der Waals surface area (Å²) in [5.41, 5.74) is 0.398. The molecule has 1 heterocycles. The second-order valence-corrected chi connectivity index (χ2v) is 3.72. The molecule has 1 N–H and O–H groups in total. The summed E-state index contributed by atoms with van der Waals surface area (Å²) >= 11 is 0. The zero-order chi connectivity index (χ0) is 13.3. The van der Waals surface area contributed by atoms with Crippen molar-refractivity contribution >= 4 is 17.0 Å². The fourth-order valence-electron chi connectivity index (χ4n) is 1.70. The molecule has 5 nitrogen and oxygen atoms in total. The number of halogens is 2. The second kappa shape index (κ2) is 4.69. The van der Waals surface area contributed by atoms with Gasteiger partial charge in [-0.05, 0) is 0 Å². The molecule has 2 aromatic rings. The number of imidazole rings is 1. The number of ether oxygens (including phenoxy) is 1. The van der Waals surface area contributed by atoms with E-state index in [1.807, 2.05) is 0 Å². The third-order valence-electron chi connectivity index (χ3n) is 2.56. The molecule has 0 radical (unpaired) electrons. The Balaban J connectivity index is 2.56. The van der Waals surface area contributed by atoms with Gasteiger partial charge in [-0.2, -0.15) is 0 Å². The highest BCUT2D eigenvalue weighted by Gasteiger charge is 2.22. The van der Waals surface area contributed by atoms with Crippen molar-refractivity contribution < 1.29 is 23.4 Å². The van der Waals surface area contributed by atoms with Crippen LogP contribution >= 0.6 is 0 Å². The lowest BCUT2D eigenvalue weighted by Gasteiger charge is -2.13. The molecule has 0 fully saturated rings. The highest BCUT2D eigenvalue weighted by atomic mass is 19.2. The van der Waals surface area contributed by atoms with Crippen LogP contribution in [-0.4, -0.2) is 34.3 Å². The monoisotopic (exact) mass is 256 g/mol. The van der Waals surface area contributed by atoms with Crippen LogP contribution in [0.25, 0.3) is 11.0 Å². The van der Waals surface area contributed by atoms with E-state index in [4.69, 9.17) is 9.84 Å². The maximum atomic E-state index is 13.2. The summed E-state index contributed by atoms with van der Waals surface area (Å²) in [4.78, 5) is 14.9. The SMILES string of the molecule is COCC(C(=O)O)n1cnc2cc(F)c(F)cc21. The van der Waals surface area contributed by atoms with E-state index in [1.54, 1.807) is 0 Å². The molecule has 7 heteroatoms. The van der Waals surface area contributed by atoms with E-state index in [2.05, 4.69) is 4.98 Å². The summed E-state index contributed by atoms with van der Waals surface area (Å²) < 4.78 is 32.2. The molecule has 0 spiro atoms. The summed E-state index contributed by atoms with van der Waals surface area (Å²) in [6, 6.07) is 0.806. The summed E-state index contributed by atoms with van der Waals surface area (Å²) in [5.74, 6) is -3.21. The predicted molar refractivity (Wildman–Crippen MR) is 58.2 cm³/mol. The third kappa shape index (κ3) is 2.04. The second-order valence-electron chi connectivity index (χ2n) is 3.72. The number of methoxy groups -OCH3 is 1. The van der Waals surface area contributed by atoms with Gasteiger partial charge in [-0.3, -0.25) is 0 Å². The quantitative estimate of drug-likeness (QED) is 0.902. The first kappa shape index (κ1) is 12.4. The fourth-order valence-corrected chi connectivity index (χ4v) is 1.70. The number of rotatable bonds is 4. The first-order valence-corrected chi connectivity index (χ1v) is 5.08. The van der Waals surface area contributed by atoms with Crippen LogP contribution in [0.1, 0.15) is 6.04 Å². The summed E-state index contributed by atoms with van der Waals surface area (Å²) in [5, 5.41) is 9.06. The molecular weight excluding hydrogens is 246 g/mol. The average molecular weight is 256 g/mol. The predicted octanol–water partition coefficient (Wildman–Crippen LogP) is 1.59. The van der Waals surface area contributed by atoms with Gasteiger partial charge in [0, 0.05) is 19.2 Å². The fraction of sp³-hybridized carbons (Fsp3) is 0.273. The van der Waals surface area contributed by atoms with Crippen molar-refractivity contribution in [3.63, 3.8) is 0 Å². The van der Waals surface area contributed by atoms with Crippen LogP contribution in [0.3, 0.4) is 0 Å². The van der Waals surface area contributed by atoms with Crippen molar-refractivity contribution in [2.75, 3.05) is 13.7 Å². The Kier molecular flexibility index (Phi) is 3.24. The molecule has 1 aromatic carbocycles. The van der Waals surface area contributed by atoms with Gasteiger partial charge in [0.2, 0.25) is 0 Å². The minimum atomic E-state index is -1.14. The highest BCUT2D eigenvalue weighted by molar-refractivity contribution is 5.79. The number of aromatic nitrogens is 2. The van der Waals surface area contributed by atoms with Crippen molar-refractivity contribution in [3.8, 4) is 0 Å². The molecule has 1 aromatic heterocycles. The summed E-state index contributed by atoms with van der Waals surface area (Å²) in [6.07, 6.45) is 1.22. The van der Waals surface area contributed by atoms with Gasteiger partial charge < -0.3 is 14.4 Å². The lowest BCUT2D eigenvalue weighted by molar-refractivity contribution is -0.142. The van der Waals surface area contributed by atoms with Gasteiger partial charge in [-0.15, -0.1) is 0 Å². The average Bonchev–Trinajstić information content (AvgIpc) is 2.69. The molecule has 0 amide bonds. The van der Waals surface area contributed by atoms with Crippen LogP contribution in [0.4, 0.5) is 8.78 Å². The van der Waals surface area contributed by atoms with Crippen LogP contribution in [0.15, 0.2) is 18.5 Å². The van der Waals surface area contributed by atoms with E-state index in [0.717, 1.165) is 12.1 Å². The zero-order valence-electron chi connectivity index (χ0n) is 9.43. The summed E-state index contributed by atoms with van der Waals surface area (Å²) in [6.45, 7) is -0.0974. The number of benzene rings is 1. The number of nitrogens with zero attached hydrogens (tertiary/aromatic N) is 2. The van der Waals surface area contributed by atoms with Crippen molar-refractivity contribution in [3.05, 3.63) is 30.1 Å². The zero-order valence-corrected chi connectivity index (χ0v) is 9.43. The minimum absolute atomic E-state index is 0.0974. The van der Waals surface area contributed by atoms with E-state index in [9.17, 15) is 13.6 Å². The topological polar surface area (TPSA) is 64.3 Å². The largest absolute Gasteiger partial charge is 0.480 e. The Morgan fingerprint density at radius 1 is 1.50 bits per heavy atom. The smallest absolute Gasteiger partial charge is 0.329 e. The van der Waals surface area contributed by atoms with Crippen LogP contribution in [0.2, 0.25) is 0 Å². The van der Waals surface area contributed by atoms with Crippen molar-refractivity contribution in [1.29, 1.82) is 0 Å². The Morgan fingerprint density at radius 2 is 2.17 bits per heavy atom. The number of fused-ring (bicyclic) bond motifs is 1. The molecule has 0 saturated carbocycles. The van der Waals surface area contributed by atoms with E-state index in [-0.39, 0.29) is 17.6 Å². The Labute approximate surface area is 101 Å². The standard InChI is InChI=1S/C11H10F2N2O3/c1-18-4-10(11(16)17)15-5-14-8-2-6(12)7(13)3-9(8)15/h2-3,5,10H,4H2,1H3,(H,16,17). The van der Waals surface area contributed by atoms with Gasteiger partial charge in [0.15, 0.2) is 17.7 Å². The molecule has 0 aliphatic rings. The Morgan fingerprint density at radius 3 is 2.78 bits per heavy atom. The van der Waals surface area contributed by atoms with Crippen molar-refractivity contribution in [2.45, 2.75) is 6.04 Å². The van der Waals surface area contributed by atoms with Gasteiger partial charge >= 0.3 is 5.97 Å². The lowest BCUT2D eigenvalue weighted by Crippen LogP contribution is -2.23. The molecule has 18 heavy (non-hydrogen) atoms. The summed E-state index contributed by atoms with van der Waals surface area (Å²) in [7, 11) is 1.36. The number of aliphatic carboxylic acids is 1. The Bertz CT molecular complexity index is 597. The van der Waals surface area contributed by atoms with Gasteiger partial charge in [0.25, 0.3) is 0 Å². The molecular formula is C11H10F2N2O3. The molecule has 1 unspecified atom stereocenters. The van der Waals surface area contributed by atoms with E-state index < -0.39 is 23.6 Å². The van der Waals surface area contributed by atoms with Crippen LogP contribution in [-0.2, 0) is 9.53 Å². The minimum Gasteiger partial charge on any atom is -0.480 e. The van der Waals surface area contributed by atoms with Crippen LogP contribution < -0.4 is 0 Å².